The lowest BCUT2D eigenvalue weighted by atomic mass is 9.74. The number of ether oxygens (including phenoxy) is 1. The standard InChI is InChI=1S/C21H28N6O/c1-20(2)11-14(12-21(3,4)25-20)10-18-22-13-17-19(23-18)27(26-24-17)15-6-8-16(28-5)9-7-15/h6-9,13-14,25H,10-12H2,1-5H3. The molecule has 7 nitrogen and oxygen atoms in total. The molecule has 1 fully saturated rings. The highest BCUT2D eigenvalue weighted by molar-refractivity contribution is 5.70. The Kier molecular flexibility index (Phi) is 4.57. The molecule has 2 aromatic heterocycles. The number of methoxy groups -OCH3 is 1. The quantitative estimate of drug-likeness (QED) is 0.748. The Hall–Kier alpha value is -2.54. The molecule has 0 unspecified atom stereocenters. The molecule has 0 saturated carbocycles. The van der Waals surface area contributed by atoms with E-state index in [0.29, 0.717) is 11.4 Å². The fraction of sp³-hybridized carbons (Fsp3) is 0.524. The van der Waals surface area contributed by atoms with Gasteiger partial charge in [-0.3, -0.25) is 0 Å². The van der Waals surface area contributed by atoms with Crippen molar-refractivity contribution in [3.63, 3.8) is 0 Å². The van der Waals surface area contributed by atoms with Crippen LogP contribution in [0.1, 0.15) is 46.4 Å². The SMILES string of the molecule is COc1ccc(-n2nnc3cnc(CC4CC(C)(C)NC(C)(C)C4)nc32)cc1. The summed E-state index contributed by atoms with van der Waals surface area (Å²) in [5.41, 5.74) is 2.57. The van der Waals surface area contributed by atoms with E-state index in [4.69, 9.17) is 9.72 Å². The Labute approximate surface area is 165 Å². The van der Waals surface area contributed by atoms with Crippen molar-refractivity contribution in [2.24, 2.45) is 5.92 Å². The van der Waals surface area contributed by atoms with Gasteiger partial charge in [0.2, 0.25) is 0 Å². The lowest BCUT2D eigenvalue weighted by molar-refractivity contribution is 0.127. The van der Waals surface area contributed by atoms with Gasteiger partial charge < -0.3 is 10.1 Å². The number of piperidine rings is 1. The predicted octanol–water partition coefficient (Wildman–Crippen LogP) is 3.32. The molecule has 28 heavy (non-hydrogen) atoms. The first-order chi connectivity index (χ1) is 13.2. The second-order valence-electron chi connectivity index (χ2n) is 9.07. The van der Waals surface area contributed by atoms with Crippen molar-refractivity contribution in [2.75, 3.05) is 7.11 Å². The molecule has 1 aliphatic heterocycles. The fourth-order valence-electron chi connectivity index (χ4n) is 4.70. The Morgan fingerprint density at radius 3 is 2.43 bits per heavy atom. The molecule has 0 spiro atoms. The van der Waals surface area contributed by atoms with Crippen molar-refractivity contribution in [3.05, 3.63) is 36.3 Å². The van der Waals surface area contributed by atoms with Crippen LogP contribution < -0.4 is 10.1 Å². The van der Waals surface area contributed by atoms with E-state index in [-0.39, 0.29) is 11.1 Å². The van der Waals surface area contributed by atoms with E-state index in [2.05, 4.69) is 48.3 Å². The summed E-state index contributed by atoms with van der Waals surface area (Å²) in [6.45, 7) is 9.09. The van der Waals surface area contributed by atoms with Crippen molar-refractivity contribution in [2.45, 2.75) is 58.0 Å². The normalized spacial score (nSPS) is 19.0. The summed E-state index contributed by atoms with van der Waals surface area (Å²) in [4.78, 5) is 9.38. The zero-order valence-electron chi connectivity index (χ0n) is 17.2. The van der Waals surface area contributed by atoms with Crippen LogP contribution in [-0.2, 0) is 6.42 Å². The van der Waals surface area contributed by atoms with Gasteiger partial charge in [0.05, 0.1) is 19.0 Å². The maximum atomic E-state index is 5.24. The average Bonchev–Trinajstić information content (AvgIpc) is 3.02. The van der Waals surface area contributed by atoms with Gasteiger partial charge in [-0.05, 0) is 70.7 Å². The van der Waals surface area contributed by atoms with Crippen LogP contribution in [0.15, 0.2) is 30.5 Å². The topological polar surface area (TPSA) is 77.8 Å². The number of hydrogen-bond acceptors (Lipinski definition) is 6. The van der Waals surface area contributed by atoms with E-state index in [1.807, 2.05) is 24.3 Å². The number of hydrogen-bond donors (Lipinski definition) is 1. The highest BCUT2D eigenvalue weighted by Crippen LogP contribution is 2.34. The van der Waals surface area contributed by atoms with Crippen molar-refractivity contribution in [1.29, 1.82) is 0 Å². The van der Waals surface area contributed by atoms with Crippen LogP contribution in [0.4, 0.5) is 0 Å². The summed E-state index contributed by atoms with van der Waals surface area (Å²) in [6, 6.07) is 7.72. The Bertz CT molecular complexity index is 960. The minimum Gasteiger partial charge on any atom is -0.497 e. The van der Waals surface area contributed by atoms with Crippen LogP contribution in [0.5, 0.6) is 5.75 Å². The monoisotopic (exact) mass is 380 g/mol. The molecule has 1 aromatic carbocycles. The van der Waals surface area contributed by atoms with E-state index in [0.717, 1.165) is 42.2 Å². The van der Waals surface area contributed by atoms with E-state index >= 15 is 0 Å². The minimum absolute atomic E-state index is 0.114. The third kappa shape index (κ3) is 3.85. The molecule has 1 N–H and O–H groups in total. The molecule has 0 aliphatic carbocycles. The summed E-state index contributed by atoms with van der Waals surface area (Å²) in [5, 5.41) is 12.2. The highest BCUT2D eigenvalue weighted by atomic mass is 16.5. The van der Waals surface area contributed by atoms with Gasteiger partial charge in [-0.2, -0.15) is 4.68 Å². The van der Waals surface area contributed by atoms with Crippen molar-refractivity contribution in [3.8, 4) is 11.4 Å². The van der Waals surface area contributed by atoms with Crippen LogP contribution in [0, 0.1) is 5.92 Å². The average molecular weight is 380 g/mol. The lowest BCUT2D eigenvalue weighted by Crippen LogP contribution is -2.58. The molecule has 4 rings (SSSR count). The van der Waals surface area contributed by atoms with Crippen molar-refractivity contribution in [1.82, 2.24) is 30.3 Å². The minimum atomic E-state index is 0.114. The summed E-state index contributed by atoms with van der Waals surface area (Å²) in [7, 11) is 1.66. The summed E-state index contributed by atoms with van der Waals surface area (Å²) in [5.74, 6) is 2.19. The van der Waals surface area contributed by atoms with E-state index in [9.17, 15) is 0 Å². The maximum absolute atomic E-state index is 5.24. The maximum Gasteiger partial charge on any atom is 0.187 e. The lowest BCUT2D eigenvalue weighted by Gasteiger charge is -2.46. The van der Waals surface area contributed by atoms with Gasteiger partial charge in [0.1, 0.15) is 11.6 Å². The summed E-state index contributed by atoms with van der Waals surface area (Å²) < 4.78 is 7.00. The van der Waals surface area contributed by atoms with E-state index < -0.39 is 0 Å². The molecule has 3 heterocycles. The summed E-state index contributed by atoms with van der Waals surface area (Å²) >= 11 is 0. The number of benzene rings is 1. The third-order valence-electron chi connectivity index (χ3n) is 5.31. The van der Waals surface area contributed by atoms with Gasteiger partial charge in [0, 0.05) is 17.5 Å². The predicted molar refractivity (Wildman–Crippen MR) is 109 cm³/mol. The molecular formula is C21H28N6O. The molecule has 0 bridgehead atoms. The largest absolute Gasteiger partial charge is 0.497 e. The van der Waals surface area contributed by atoms with Crippen molar-refractivity contribution >= 4 is 11.2 Å². The second kappa shape index (κ2) is 6.81. The molecule has 0 amide bonds. The molecule has 3 aromatic rings. The molecule has 7 heteroatoms. The van der Waals surface area contributed by atoms with Crippen LogP contribution in [0.25, 0.3) is 16.9 Å². The van der Waals surface area contributed by atoms with Gasteiger partial charge in [-0.15, -0.1) is 5.10 Å². The highest BCUT2D eigenvalue weighted by Gasteiger charge is 2.37. The first kappa shape index (κ1) is 18.8. The summed E-state index contributed by atoms with van der Waals surface area (Å²) in [6.07, 6.45) is 4.85. The van der Waals surface area contributed by atoms with Crippen LogP contribution in [0.2, 0.25) is 0 Å². The number of fused-ring (bicyclic) bond motifs is 1. The first-order valence-corrected chi connectivity index (χ1v) is 9.76. The Morgan fingerprint density at radius 1 is 1.11 bits per heavy atom. The Morgan fingerprint density at radius 2 is 1.79 bits per heavy atom. The number of nitrogens with one attached hydrogen (secondary N) is 1. The molecular weight excluding hydrogens is 352 g/mol. The second-order valence-corrected chi connectivity index (χ2v) is 9.07. The number of nitrogens with zero attached hydrogens (tertiary/aromatic N) is 5. The molecule has 1 saturated heterocycles. The van der Waals surface area contributed by atoms with Gasteiger partial charge in [0.25, 0.3) is 0 Å². The van der Waals surface area contributed by atoms with Gasteiger partial charge in [-0.1, -0.05) is 5.21 Å². The number of aromatic nitrogens is 5. The fourth-order valence-corrected chi connectivity index (χ4v) is 4.70. The van der Waals surface area contributed by atoms with Gasteiger partial charge >= 0.3 is 0 Å². The molecule has 0 atom stereocenters. The zero-order chi connectivity index (χ0) is 19.9. The number of rotatable bonds is 4. The molecule has 1 aliphatic rings. The van der Waals surface area contributed by atoms with E-state index in [1.165, 1.54) is 0 Å². The first-order valence-electron chi connectivity index (χ1n) is 9.76. The molecule has 0 radical (unpaired) electrons. The smallest absolute Gasteiger partial charge is 0.187 e. The zero-order valence-corrected chi connectivity index (χ0v) is 17.2. The van der Waals surface area contributed by atoms with Gasteiger partial charge in [0.15, 0.2) is 11.2 Å². The van der Waals surface area contributed by atoms with E-state index in [1.54, 1.807) is 18.0 Å². The van der Waals surface area contributed by atoms with Gasteiger partial charge in [-0.25, -0.2) is 9.97 Å². The van der Waals surface area contributed by atoms with Crippen LogP contribution in [-0.4, -0.2) is 43.1 Å². The van der Waals surface area contributed by atoms with Crippen LogP contribution >= 0.6 is 0 Å². The third-order valence-corrected chi connectivity index (χ3v) is 5.31. The van der Waals surface area contributed by atoms with Crippen molar-refractivity contribution < 1.29 is 4.74 Å². The van der Waals surface area contributed by atoms with Crippen LogP contribution in [0.3, 0.4) is 0 Å². The Balaban J connectivity index is 1.62. The molecule has 148 valence electrons.